The zero-order valence-electron chi connectivity index (χ0n) is 15.3. The van der Waals surface area contributed by atoms with Gasteiger partial charge in [-0.25, -0.2) is 4.98 Å². The van der Waals surface area contributed by atoms with Crippen LogP contribution in [0, 0.1) is 6.92 Å². The first kappa shape index (κ1) is 18.7. The normalized spacial score (nSPS) is 11.9. The molecule has 1 unspecified atom stereocenters. The van der Waals surface area contributed by atoms with Gasteiger partial charge in [-0.2, -0.15) is 0 Å². The number of hydrogen-bond donors (Lipinski definition) is 2. The highest BCUT2D eigenvalue weighted by Crippen LogP contribution is 2.23. The van der Waals surface area contributed by atoms with E-state index in [1.54, 1.807) is 0 Å². The topological polar surface area (TPSA) is 84.6 Å². The van der Waals surface area contributed by atoms with E-state index in [2.05, 4.69) is 10.3 Å². The third kappa shape index (κ3) is 4.95. The van der Waals surface area contributed by atoms with Crippen LogP contribution in [0.2, 0.25) is 0 Å². The predicted molar refractivity (Wildman–Crippen MR) is 102 cm³/mol. The molecule has 0 aliphatic rings. The summed E-state index contributed by atoms with van der Waals surface area (Å²) >= 11 is 0. The van der Waals surface area contributed by atoms with Gasteiger partial charge in [0.15, 0.2) is 0 Å². The van der Waals surface area contributed by atoms with E-state index in [1.165, 1.54) is 0 Å². The van der Waals surface area contributed by atoms with E-state index in [0.717, 1.165) is 22.6 Å². The number of carboxylic acids is 1. The van der Waals surface area contributed by atoms with E-state index in [0.29, 0.717) is 18.2 Å². The van der Waals surface area contributed by atoms with E-state index in [9.17, 15) is 4.79 Å². The summed E-state index contributed by atoms with van der Waals surface area (Å²) in [7, 11) is 0. The molecule has 140 valence electrons. The number of aromatic nitrogens is 1. The first-order valence-electron chi connectivity index (χ1n) is 8.72. The van der Waals surface area contributed by atoms with Crippen molar-refractivity contribution < 1.29 is 19.1 Å². The molecule has 27 heavy (non-hydrogen) atoms. The summed E-state index contributed by atoms with van der Waals surface area (Å²) < 4.78 is 11.6. The van der Waals surface area contributed by atoms with E-state index >= 15 is 0 Å². The summed E-state index contributed by atoms with van der Waals surface area (Å²) in [5, 5.41) is 11.7. The maximum absolute atomic E-state index is 10.6. The molecular weight excluding hydrogens is 344 g/mol. The fourth-order valence-corrected chi connectivity index (χ4v) is 2.63. The predicted octanol–water partition coefficient (Wildman–Crippen LogP) is 3.96. The number of benzene rings is 2. The van der Waals surface area contributed by atoms with Crippen LogP contribution in [0.1, 0.15) is 30.0 Å². The number of oxazole rings is 1. The molecule has 2 N–H and O–H groups in total. The van der Waals surface area contributed by atoms with Crippen LogP contribution < -0.4 is 10.1 Å². The van der Waals surface area contributed by atoms with Crippen molar-refractivity contribution in [3.63, 3.8) is 0 Å². The maximum atomic E-state index is 10.6. The number of aliphatic carboxylic acids is 1. The van der Waals surface area contributed by atoms with Crippen molar-refractivity contribution >= 4 is 5.97 Å². The lowest BCUT2D eigenvalue weighted by molar-refractivity contribution is -0.136. The Kier molecular flexibility index (Phi) is 5.88. The molecule has 0 aliphatic heterocycles. The van der Waals surface area contributed by atoms with Crippen molar-refractivity contribution in [3.05, 3.63) is 71.6 Å². The Morgan fingerprint density at radius 3 is 2.56 bits per heavy atom. The van der Waals surface area contributed by atoms with Crippen LogP contribution >= 0.6 is 0 Å². The zero-order valence-corrected chi connectivity index (χ0v) is 15.3. The third-order valence-corrected chi connectivity index (χ3v) is 4.23. The van der Waals surface area contributed by atoms with Gasteiger partial charge in [-0.3, -0.25) is 4.79 Å². The van der Waals surface area contributed by atoms with Crippen molar-refractivity contribution in [1.29, 1.82) is 0 Å². The standard InChI is InChI=1S/C21H22N2O4/c1-14(22-12-20(24)25)16-8-10-18(11-9-16)26-13-19-15(2)27-21(23-19)17-6-4-3-5-7-17/h3-11,14,22H,12-13H2,1-2H3,(H,24,25). The van der Waals surface area contributed by atoms with E-state index in [1.807, 2.05) is 68.4 Å². The van der Waals surface area contributed by atoms with Gasteiger partial charge in [-0.15, -0.1) is 0 Å². The molecule has 3 rings (SSSR count). The lowest BCUT2D eigenvalue weighted by Crippen LogP contribution is -2.25. The van der Waals surface area contributed by atoms with Crippen LogP contribution in [0.15, 0.2) is 59.0 Å². The number of nitrogens with one attached hydrogen (secondary N) is 1. The second kappa shape index (κ2) is 8.51. The maximum Gasteiger partial charge on any atom is 0.317 e. The molecule has 0 amide bonds. The Bertz CT molecular complexity index is 888. The molecule has 1 aromatic heterocycles. The summed E-state index contributed by atoms with van der Waals surface area (Å²) in [4.78, 5) is 15.2. The number of rotatable bonds is 8. The zero-order chi connectivity index (χ0) is 19.2. The largest absolute Gasteiger partial charge is 0.487 e. The average molecular weight is 366 g/mol. The van der Waals surface area contributed by atoms with Crippen molar-refractivity contribution in [1.82, 2.24) is 10.3 Å². The van der Waals surface area contributed by atoms with Crippen LogP contribution in [-0.4, -0.2) is 22.6 Å². The van der Waals surface area contributed by atoms with Gasteiger partial charge in [0.1, 0.15) is 23.8 Å². The molecular formula is C21H22N2O4. The fourth-order valence-electron chi connectivity index (χ4n) is 2.63. The molecule has 1 heterocycles. The molecule has 0 radical (unpaired) electrons. The van der Waals surface area contributed by atoms with Gasteiger partial charge in [0.25, 0.3) is 0 Å². The first-order valence-corrected chi connectivity index (χ1v) is 8.72. The Labute approximate surface area is 157 Å². The number of hydrogen-bond acceptors (Lipinski definition) is 5. The van der Waals surface area contributed by atoms with Crippen molar-refractivity contribution in [3.8, 4) is 17.2 Å². The Balaban J connectivity index is 1.60. The van der Waals surface area contributed by atoms with Gasteiger partial charge in [0, 0.05) is 11.6 Å². The minimum absolute atomic E-state index is 0.0543. The smallest absolute Gasteiger partial charge is 0.317 e. The highest BCUT2D eigenvalue weighted by Gasteiger charge is 2.12. The van der Waals surface area contributed by atoms with E-state index < -0.39 is 5.97 Å². The number of carboxylic acid groups (broad SMARTS) is 1. The van der Waals surface area contributed by atoms with Gasteiger partial charge < -0.3 is 19.6 Å². The summed E-state index contributed by atoms with van der Waals surface area (Å²) in [5.74, 6) is 1.16. The van der Waals surface area contributed by atoms with Crippen molar-refractivity contribution in [2.24, 2.45) is 0 Å². The van der Waals surface area contributed by atoms with Crippen LogP contribution in [0.25, 0.3) is 11.5 Å². The molecule has 3 aromatic rings. The lowest BCUT2D eigenvalue weighted by Gasteiger charge is -2.13. The summed E-state index contributed by atoms with van der Waals surface area (Å²) in [6.45, 7) is 4.03. The number of aryl methyl sites for hydroxylation is 1. The molecule has 0 saturated carbocycles. The first-order chi connectivity index (χ1) is 13.0. The molecule has 0 spiro atoms. The highest BCUT2D eigenvalue weighted by atomic mass is 16.5. The van der Waals surface area contributed by atoms with Crippen molar-refractivity contribution in [2.75, 3.05) is 6.54 Å². The molecule has 6 nitrogen and oxygen atoms in total. The van der Waals surface area contributed by atoms with E-state index in [-0.39, 0.29) is 12.6 Å². The summed E-state index contributed by atoms with van der Waals surface area (Å²) in [5.41, 5.74) is 2.68. The molecule has 0 saturated heterocycles. The van der Waals surface area contributed by atoms with Crippen LogP contribution in [-0.2, 0) is 11.4 Å². The monoisotopic (exact) mass is 366 g/mol. The molecule has 0 bridgehead atoms. The summed E-state index contributed by atoms with van der Waals surface area (Å²) in [6.07, 6.45) is 0. The van der Waals surface area contributed by atoms with E-state index in [4.69, 9.17) is 14.3 Å². The van der Waals surface area contributed by atoms with Crippen LogP contribution in [0.4, 0.5) is 0 Å². The number of carbonyl (C=O) groups is 1. The summed E-state index contributed by atoms with van der Waals surface area (Å²) in [6, 6.07) is 17.2. The third-order valence-electron chi connectivity index (χ3n) is 4.23. The number of ether oxygens (including phenoxy) is 1. The van der Waals surface area contributed by atoms with Crippen LogP contribution in [0.3, 0.4) is 0 Å². The molecule has 1 atom stereocenters. The fraction of sp³-hybridized carbons (Fsp3) is 0.238. The Morgan fingerprint density at radius 1 is 1.19 bits per heavy atom. The number of nitrogens with zero attached hydrogens (tertiary/aromatic N) is 1. The lowest BCUT2D eigenvalue weighted by atomic mass is 10.1. The highest BCUT2D eigenvalue weighted by molar-refractivity contribution is 5.69. The van der Waals surface area contributed by atoms with Crippen molar-refractivity contribution in [2.45, 2.75) is 26.5 Å². The molecule has 6 heteroatoms. The van der Waals surface area contributed by atoms with Gasteiger partial charge in [-0.05, 0) is 43.7 Å². The van der Waals surface area contributed by atoms with Crippen LogP contribution in [0.5, 0.6) is 5.75 Å². The molecule has 0 aliphatic carbocycles. The second-order valence-electron chi connectivity index (χ2n) is 6.24. The Morgan fingerprint density at radius 2 is 1.89 bits per heavy atom. The average Bonchev–Trinajstić information content (AvgIpc) is 3.06. The van der Waals surface area contributed by atoms with Gasteiger partial charge in [0.05, 0.1) is 6.54 Å². The SMILES string of the molecule is Cc1oc(-c2ccccc2)nc1COc1ccc(C(C)NCC(=O)O)cc1. The molecule has 0 fully saturated rings. The second-order valence-corrected chi connectivity index (χ2v) is 6.24. The minimum Gasteiger partial charge on any atom is -0.487 e. The van der Waals surface area contributed by atoms with Gasteiger partial charge >= 0.3 is 5.97 Å². The minimum atomic E-state index is -0.875. The van der Waals surface area contributed by atoms with Gasteiger partial charge in [-0.1, -0.05) is 30.3 Å². The Hall–Kier alpha value is -3.12. The molecule has 2 aromatic carbocycles. The van der Waals surface area contributed by atoms with Gasteiger partial charge in [0.2, 0.25) is 5.89 Å². The quantitative estimate of drug-likeness (QED) is 0.628.